The second-order valence-electron chi connectivity index (χ2n) is 0.154. The summed E-state index contributed by atoms with van der Waals surface area (Å²) in [5.74, 6) is 0. The monoisotopic (exact) mass is 142 g/mol. The summed E-state index contributed by atoms with van der Waals surface area (Å²) in [6.45, 7) is 3.28. The highest BCUT2D eigenvalue weighted by Gasteiger charge is 1.18. The summed E-state index contributed by atoms with van der Waals surface area (Å²) in [6.07, 6.45) is 0. The van der Waals surface area contributed by atoms with Crippen LogP contribution in [0.15, 0.2) is 11.6 Å². The van der Waals surface area contributed by atoms with Crippen LogP contribution in [-0.2, 0) is 0 Å². The Bertz CT molecular complexity index is 13.5. The van der Waals surface area contributed by atoms with Crippen LogP contribution in [0.2, 0.25) is 0 Å². The molecule has 0 aliphatic carbocycles. The van der Waals surface area contributed by atoms with Gasteiger partial charge in [0.25, 0.3) is 0 Å². The van der Waals surface area contributed by atoms with Crippen molar-refractivity contribution in [2.45, 2.75) is 0 Å². The lowest BCUT2D eigenvalue weighted by atomic mass is 11.3. The van der Waals surface area contributed by atoms with Crippen molar-refractivity contribution >= 4 is 28.3 Å². The lowest BCUT2D eigenvalue weighted by Crippen LogP contribution is -0.895. The minimum Gasteiger partial charge on any atom is -0.147 e. The van der Waals surface area contributed by atoms with Crippen LogP contribution in [0.3, 0.4) is 0 Å². The first-order valence-electron chi connectivity index (χ1n) is 0.626. The summed E-state index contributed by atoms with van der Waals surface area (Å²) in [5, 5.41) is 0. The lowest BCUT2D eigenvalue weighted by molar-refractivity contribution is 2.72. The van der Waals surface area contributed by atoms with Crippen molar-refractivity contribution in [3.05, 3.63) is 11.6 Å². The minimum absolute atomic E-state index is 0. The molecule has 0 aliphatic rings. The molecular weight excluding hydrogens is 139 g/mol. The van der Waals surface area contributed by atoms with E-state index < -0.39 is 0 Å². The molecule has 0 saturated heterocycles. The van der Waals surface area contributed by atoms with E-state index in [2.05, 4.69) is 22.5 Å². The van der Waals surface area contributed by atoms with Crippen LogP contribution in [0.25, 0.3) is 0 Å². The van der Waals surface area contributed by atoms with Crippen LogP contribution in [0.5, 0.6) is 0 Å². The molecule has 0 aromatic carbocycles. The first-order chi connectivity index (χ1) is 1.41. The van der Waals surface area contributed by atoms with Gasteiger partial charge in [0.15, 0.2) is 0 Å². The first-order valence-corrected chi connectivity index (χ1v) is 1.54. The van der Waals surface area contributed by atoms with E-state index in [1.807, 2.05) is 0 Å². The Hall–Kier alpha value is 0.510. The highest BCUT2D eigenvalue weighted by atomic mass is 79.9. The first kappa shape index (κ1) is 8.82. The molecular formula is C2H4BrCl. The van der Waals surface area contributed by atoms with Gasteiger partial charge in [-0.05, 0) is 4.99 Å². The molecule has 0 N–H and O–H groups in total. The average molecular weight is 143 g/mol. The number of hydrogen-bond acceptors (Lipinski definition) is 0. The predicted octanol–water partition coefficient (Wildman–Crippen LogP) is 1.95. The van der Waals surface area contributed by atoms with E-state index in [4.69, 9.17) is 0 Å². The zero-order valence-corrected chi connectivity index (χ0v) is 4.47. The fraction of sp³-hybridized carbons (Fsp3) is 0. The van der Waals surface area contributed by atoms with Crippen LogP contribution in [0.1, 0.15) is 0 Å². The van der Waals surface area contributed by atoms with Gasteiger partial charge in [-0.3, -0.25) is 0 Å². The van der Waals surface area contributed by atoms with E-state index in [-0.39, 0.29) is 12.4 Å². The third kappa shape index (κ3) is 22.0. The van der Waals surface area contributed by atoms with Gasteiger partial charge in [-0.2, -0.15) is 0 Å². The summed E-state index contributed by atoms with van der Waals surface area (Å²) >= 11 is 2.91. The van der Waals surface area contributed by atoms with Gasteiger partial charge in [-0.1, -0.05) is 22.5 Å². The van der Waals surface area contributed by atoms with Crippen LogP contribution in [0.4, 0.5) is 0 Å². The van der Waals surface area contributed by atoms with Gasteiger partial charge in [0.05, 0.1) is 0 Å². The molecule has 0 aromatic heterocycles. The van der Waals surface area contributed by atoms with E-state index in [9.17, 15) is 0 Å². The molecule has 0 nitrogen and oxygen atoms in total. The Morgan fingerprint density at radius 3 is 1.75 bits per heavy atom. The molecule has 0 heterocycles. The van der Waals surface area contributed by atoms with Crippen molar-refractivity contribution in [3.63, 3.8) is 0 Å². The van der Waals surface area contributed by atoms with Crippen LogP contribution >= 0.6 is 28.3 Å². The molecule has 0 unspecified atom stereocenters. The van der Waals surface area contributed by atoms with Crippen molar-refractivity contribution in [2.75, 3.05) is 0 Å². The summed E-state index contributed by atoms with van der Waals surface area (Å²) in [4.78, 5) is 1.56. The van der Waals surface area contributed by atoms with E-state index in [1.165, 1.54) is 0 Å². The SMILES string of the molecule is C=CBr.Cl. The van der Waals surface area contributed by atoms with E-state index in [1.54, 1.807) is 4.99 Å². The van der Waals surface area contributed by atoms with Crippen LogP contribution in [-0.4, -0.2) is 0 Å². The Balaban J connectivity index is 0. The van der Waals surface area contributed by atoms with Gasteiger partial charge in [-0.25, -0.2) is 0 Å². The third-order valence-electron chi connectivity index (χ3n) is 0. The van der Waals surface area contributed by atoms with Crippen molar-refractivity contribution in [2.24, 2.45) is 0 Å². The van der Waals surface area contributed by atoms with Gasteiger partial charge in [0.2, 0.25) is 0 Å². The molecule has 0 amide bonds. The Kier molecular flexibility index (Phi) is 21.4. The van der Waals surface area contributed by atoms with Gasteiger partial charge in [-0.15, -0.1) is 12.4 Å². The van der Waals surface area contributed by atoms with Crippen molar-refractivity contribution in [1.82, 2.24) is 0 Å². The fourth-order valence-electron chi connectivity index (χ4n) is 0. The summed E-state index contributed by atoms with van der Waals surface area (Å²) in [7, 11) is 0. The molecule has 4 heavy (non-hydrogen) atoms. The molecule has 0 fully saturated rings. The Morgan fingerprint density at radius 1 is 1.75 bits per heavy atom. The molecule has 0 aliphatic heterocycles. The smallest absolute Gasteiger partial charge is 0.0261 e. The minimum atomic E-state index is 0. The topological polar surface area (TPSA) is 0 Å². The molecule has 26 valence electrons. The highest BCUT2D eigenvalue weighted by molar-refractivity contribution is 9.11. The molecule has 2 heteroatoms. The quantitative estimate of drug-likeness (QED) is 0.486. The number of rotatable bonds is 0. The maximum Gasteiger partial charge on any atom is -0.0261 e. The fourth-order valence-corrected chi connectivity index (χ4v) is 0. The van der Waals surface area contributed by atoms with Crippen molar-refractivity contribution in [1.29, 1.82) is 0 Å². The molecule has 0 spiro atoms. The lowest BCUT2D eigenvalue weighted by Gasteiger charge is -1.27. The molecule has 0 bridgehead atoms. The van der Waals surface area contributed by atoms with Crippen molar-refractivity contribution < 1.29 is 0 Å². The van der Waals surface area contributed by atoms with Gasteiger partial charge in [0, 0.05) is 0 Å². The van der Waals surface area contributed by atoms with Crippen LogP contribution in [0, 0.1) is 0 Å². The van der Waals surface area contributed by atoms with E-state index in [0.29, 0.717) is 0 Å². The zero-order valence-electron chi connectivity index (χ0n) is 2.07. The molecule has 0 saturated carbocycles. The molecule has 0 rings (SSSR count). The maximum absolute atomic E-state index is 3.28. The van der Waals surface area contributed by atoms with Crippen LogP contribution < -0.4 is 0 Å². The summed E-state index contributed by atoms with van der Waals surface area (Å²) in [5.41, 5.74) is 0. The molecule has 0 atom stereocenters. The predicted molar refractivity (Wildman–Crippen MR) is 26.4 cm³/mol. The van der Waals surface area contributed by atoms with Gasteiger partial charge >= 0.3 is 0 Å². The number of hydrogen-bond donors (Lipinski definition) is 0. The summed E-state index contributed by atoms with van der Waals surface area (Å²) < 4.78 is 0. The van der Waals surface area contributed by atoms with Gasteiger partial charge in [0.1, 0.15) is 0 Å². The number of halogens is 2. The largest absolute Gasteiger partial charge is 0.147 e. The molecule has 0 radical (unpaired) electrons. The zero-order chi connectivity index (χ0) is 2.71. The maximum atomic E-state index is 3.28. The van der Waals surface area contributed by atoms with E-state index in [0.717, 1.165) is 0 Å². The van der Waals surface area contributed by atoms with Gasteiger partial charge < -0.3 is 0 Å². The molecule has 0 aromatic rings. The Labute approximate surface area is 40.4 Å². The second kappa shape index (κ2) is 9.70. The average Bonchev–Trinajstić information content (AvgIpc) is 0.918. The Morgan fingerprint density at radius 2 is 1.75 bits per heavy atom. The standard InChI is InChI=1S/C2H3Br.ClH/c1-2-3;/h2H,1H2;1H. The van der Waals surface area contributed by atoms with E-state index >= 15 is 0 Å². The van der Waals surface area contributed by atoms with Crippen molar-refractivity contribution in [3.8, 4) is 0 Å². The normalized spacial score (nSPS) is 3.25. The highest BCUT2D eigenvalue weighted by Crippen LogP contribution is 1.68. The third-order valence-corrected chi connectivity index (χ3v) is 0. The summed E-state index contributed by atoms with van der Waals surface area (Å²) in [6, 6.07) is 0. The second-order valence-corrected chi connectivity index (χ2v) is 0.802.